The number of hydrogen-bond donors (Lipinski definition) is 2. The Kier molecular flexibility index (Phi) is 6.01. The molecule has 1 atom stereocenters. The number of aromatic hydroxyl groups is 1. The summed E-state index contributed by atoms with van der Waals surface area (Å²) in [5, 5.41) is 20.8. The zero-order valence-electron chi connectivity index (χ0n) is 17.6. The molecule has 4 aromatic rings. The van der Waals surface area contributed by atoms with Crippen LogP contribution in [-0.2, 0) is 5.41 Å². The lowest BCUT2D eigenvalue weighted by Gasteiger charge is -2.23. The van der Waals surface area contributed by atoms with Gasteiger partial charge in [0.1, 0.15) is 17.5 Å². The molecular weight excluding hydrogens is 364 g/mol. The number of nitrogens with one attached hydrogen (secondary N) is 1. The van der Waals surface area contributed by atoms with Crippen LogP contribution in [0.15, 0.2) is 53.3 Å². The average Bonchev–Trinajstić information content (AvgIpc) is 3.39. The molecule has 0 bridgehead atoms. The number of phenols is 1. The maximum absolute atomic E-state index is 10.6. The number of H-pyrrole nitrogens is 1. The number of fused-ring (bicyclic) bond motifs is 1. The number of benzene rings is 2. The molecule has 0 radical (unpaired) electrons. The summed E-state index contributed by atoms with van der Waals surface area (Å²) < 4.78 is 5.37. The van der Waals surface area contributed by atoms with Gasteiger partial charge in [0, 0.05) is 0 Å². The van der Waals surface area contributed by atoms with Crippen molar-refractivity contribution < 1.29 is 9.52 Å². The summed E-state index contributed by atoms with van der Waals surface area (Å²) in [4.78, 5) is 4.17. The topological polar surface area (TPSA) is 87.8 Å². The van der Waals surface area contributed by atoms with Gasteiger partial charge in [-0.15, -0.1) is 5.10 Å². The summed E-state index contributed by atoms with van der Waals surface area (Å²) in [5.41, 5.74) is 4.73. The van der Waals surface area contributed by atoms with Gasteiger partial charge in [-0.2, -0.15) is 0 Å². The Morgan fingerprint density at radius 2 is 1.93 bits per heavy atom. The van der Waals surface area contributed by atoms with Gasteiger partial charge in [0.05, 0.1) is 17.3 Å². The van der Waals surface area contributed by atoms with Gasteiger partial charge < -0.3 is 9.52 Å². The van der Waals surface area contributed by atoms with E-state index in [9.17, 15) is 5.11 Å². The van der Waals surface area contributed by atoms with Crippen molar-refractivity contribution in [2.75, 3.05) is 0 Å². The highest BCUT2D eigenvalue weighted by Crippen LogP contribution is 2.40. The van der Waals surface area contributed by atoms with E-state index in [4.69, 9.17) is 4.42 Å². The first-order valence-electron chi connectivity index (χ1n) is 9.84. The van der Waals surface area contributed by atoms with Gasteiger partial charge in [-0.05, 0) is 47.1 Å². The highest BCUT2D eigenvalue weighted by Gasteiger charge is 2.22. The van der Waals surface area contributed by atoms with Crippen molar-refractivity contribution in [3.8, 4) is 17.2 Å². The zero-order chi connectivity index (χ0) is 21.0. The molecule has 152 valence electrons. The summed E-state index contributed by atoms with van der Waals surface area (Å²) in [5.74, 6) is 1.05. The van der Waals surface area contributed by atoms with Gasteiger partial charge in [0.15, 0.2) is 0 Å². The number of aromatic nitrogens is 4. The van der Waals surface area contributed by atoms with Crippen molar-refractivity contribution in [1.82, 2.24) is 20.4 Å². The molecule has 0 aliphatic carbocycles. The SMILES string of the molecule is CCC(C)c1cc(C(C)(C)C)cc(-c2ncco2)c1O.c1ccc2[nH]nnc2c1. The van der Waals surface area contributed by atoms with E-state index in [0.717, 1.165) is 23.0 Å². The molecule has 0 aliphatic heterocycles. The van der Waals surface area contributed by atoms with E-state index < -0.39 is 0 Å². The highest BCUT2D eigenvalue weighted by molar-refractivity contribution is 5.72. The molecule has 0 amide bonds. The molecule has 0 spiro atoms. The molecule has 2 aromatic carbocycles. The van der Waals surface area contributed by atoms with Gasteiger partial charge in [0.2, 0.25) is 5.89 Å². The number of oxazole rings is 1. The minimum atomic E-state index is 0.0112. The van der Waals surface area contributed by atoms with Crippen LogP contribution in [0.5, 0.6) is 5.75 Å². The molecule has 2 heterocycles. The Morgan fingerprint density at radius 1 is 1.17 bits per heavy atom. The molecule has 6 heteroatoms. The Labute approximate surface area is 171 Å². The van der Waals surface area contributed by atoms with Crippen molar-refractivity contribution in [2.45, 2.75) is 52.4 Å². The first-order valence-corrected chi connectivity index (χ1v) is 9.84. The third-order valence-electron chi connectivity index (χ3n) is 5.04. The molecule has 0 saturated heterocycles. The molecule has 0 saturated carbocycles. The summed E-state index contributed by atoms with van der Waals surface area (Å²) in [6, 6.07) is 11.8. The van der Waals surface area contributed by atoms with E-state index in [2.05, 4.69) is 61.1 Å². The van der Waals surface area contributed by atoms with Crippen molar-refractivity contribution in [3.05, 3.63) is 60.0 Å². The maximum atomic E-state index is 10.6. The Hall–Kier alpha value is -3.15. The van der Waals surface area contributed by atoms with Crippen LogP contribution >= 0.6 is 0 Å². The Morgan fingerprint density at radius 3 is 2.55 bits per heavy atom. The summed E-state index contributed by atoms with van der Waals surface area (Å²) in [6.45, 7) is 10.7. The van der Waals surface area contributed by atoms with Gasteiger partial charge in [-0.25, -0.2) is 4.98 Å². The minimum Gasteiger partial charge on any atom is -0.507 e. The van der Waals surface area contributed by atoms with Crippen LogP contribution in [-0.4, -0.2) is 25.5 Å². The first-order chi connectivity index (χ1) is 13.8. The largest absolute Gasteiger partial charge is 0.507 e. The van der Waals surface area contributed by atoms with E-state index >= 15 is 0 Å². The second-order valence-corrected chi connectivity index (χ2v) is 8.19. The summed E-state index contributed by atoms with van der Waals surface area (Å²) >= 11 is 0. The van der Waals surface area contributed by atoms with Gasteiger partial charge in [-0.1, -0.05) is 58.0 Å². The molecule has 1 unspecified atom stereocenters. The molecular formula is C23H28N4O2. The number of phenolic OH excluding ortho intramolecular Hbond substituents is 1. The van der Waals surface area contributed by atoms with Gasteiger partial charge >= 0.3 is 0 Å². The van der Waals surface area contributed by atoms with Crippen LogP contribution in [0.3, 0.4) is 0 Å². The predicted molar refractivity (Wildman–Crippen MR) is 115 cm³/mol. The highest BCUT2D eigenvalue weighted by atomic mass is 16.3. The maximum Gasteiger partial charge on any atom is 0.229 e. The van der Waals surface area contributed by atoms with Crippen LogP contribution < -0.4 is 0 Å². The molecule has 29 heavy (non-hydrogen) atoms. The number of aromatic amines is 1. The van der Waals surface area contributed by atoms with E-state index in [1.54, 1.807) is 6.20 Å². The molecule has 4 rings (SSSR count). The van der Waals surface area contributed by atoms with Crippen LogP contribution in [0.2, 0.25) is 0 Å². The zero-order valence-corrected chi connectivity index (χ0v) is 17.6. The standard InChI is InChI=1S/C17H23NO2.C6H5N3/c1-6-11(2)13-9-12(17(3,4)5)10-14(15(13)19)16-18-7-8-20-16;1-2-4-6-5(3-1)7-9-8-6/h7-11,19H,6H2,1-5H3;1-4H,(H,7,8,9). The lowest BCUT2D eigenvalue weighted by Crippen LogP contribution is -2.12. The molecule has 6 nitrogen and oxygen atoms in total. The number of rotatable bonds is 3. The van der Waals surface area contributed by atoms with E-state index in [0.29, 0.717) is 17.4 Å². The molecule has 0 aliphatic rings. The smallest absolute Gasteiger partial charge is 0.229 e. The predicted octanol–water partition coefficient (Wildman–Crippen LogP) is 5.82. The molecule has 2 aromatic heterocycles. The van der Waals surface area contributed by atoms with E-state index in [1.165, 1.54) is 11.8 Å². The first kappa shape index (κ1) is 20.6. The summed E-state index contributed by atoms with van der Waals surface area (Å²) in [7, 11) is 0. The Balaban J connectivity index is 0.000000220. The molecule has 0 fully saturated rings. The second kappa shape index (κ2) is 8.47. The third kappa shape index (κ3) is 4.65. The van der Waals surface area contributed by atoms with Crippen LogP contribution in [0.25, 0.3) is 22.5 Å². The quantitative estimate of drug-likeness (QED) is 0.459. The fourth-order valence-electron chi connectivity index (χ4n) is 2.99. The number of para-hydroxylation sites is 1. The monoisotopic (exact) mass is 392 g/mol. The number of nitrogens with zero attached hydrogens (tertiary/aromatic N) is 3. The second-order valence-electron chi connectivity index (χ2n) is 8.19. The fourth-order valence-corrected chi connectivity index (χ4v) is 2.99. The number of hydrogen-bond acceptors (Lipinski definition) is 5. The van der Waals surface area contributed by atoms with Crippen LogP contribution in [0.1, 0.15) is 58.1 Å². The van der Waals surface area contributed by atoms with Crippen LogP contribution in [0, 0.1) is 0 Å². The molecule has 2 N–H and O–H groups in total. The lowest BCUT2D eigenvalue weighted by molar-refractivity contribution is 0.458. The van der Waals surface area contributed by atoms with E-state index in [-0.39, 0.29) is 11.2 Å². The van der Waals surface area contributed by atoms with Gasteiger partial charge in [-0.3, -0.25) is 5.10 Å². The summed E-state index contributed by atoms with van der Waals surface area (Å²) in [6.07, 6.45) is 4.11. The van der Waals surface area contributed by atoms with Crippen molar-refractivity contribution in [3.63, 3.8) is 0 Å². The average molecular weight is 393 g/mol. The lowest BCUT2D eigenvalue weighted by atomic mass is 9.82. The normalized spacial score (nSPS) is 12.4. The van der Waals surface area contributed by atoms with Crippen molar-refractivity contribution in [1.29, 1.82) is 0 Å². The Bertz CT molecular complexity index is 1030. The van der Waals surface area contributed by atoms with Crippen molar-refractivity contribution in [2.24, 2.45) is 0 Å². The van der Waals surface area contributed by atoms with Crippen LogP contribution in [0.4, 0.5) is 0 Å². The minimum absolute atomic E-state index is 0.0112. The van der Waals surface area contributed by atoms with E-state index in [1.807, 2.05) is 30.3 Å². The third-order valence-corrected chi connectivity index (χ3v) is 5.04. The van der Waals surface area contributed by atoms with Gasteiger partial charge in [0.25, 0.3) is 0 Å². The van der Waals surface area contributed by atoms with Crippen molar-refractivity contribution >= 4 is 11.0 Å². The fraction of sp³-hybridized carbons (Fsp3) is 0.348.